The Bertz CT molecular complexity index is 412. The molecule has 0 spiro atoms. The number of hydrogen-bond acceptors (Lipinski definition) is 2. The summed E-state index contributed by atoms with van der Waals surface area (Å²) in [5.74, 6) is 0. The SMILES string of the molecule is CCCNC(COC(C)(C)CC)c1ccc(C)c(C)c1. The van der Waals surface area contributed by atoms with Gasteiger partial charge in [0.15, 0.2) is 0 Å². The van der Waals surface area contributed by atoms with Crippen molar-refractivity contribution in [3.8, 4) is 0 Å². The minimum atomic E-state index is -0.0497. The van der Waals surface area contributed by atoms with Gasteiger partial charge in [-0.05, 0) is 63.8 Å². The van der Waals surface area contributed by atoms with E-state index in [0.29, 0.717) is 0 Å². The lowest BCUT2D eigenvalue weighted by atomic mass is 10.0. The van der Waals surface area contributed by atoms with Gasteiger partial charge in [0.25, 0.3) is 0 Å². The first-order chi connectivity index (χ1) is 9.39. The molecule has 0 saturated heterocycles. The van der Waals surface area contributed by atoms with Crippen molar-refractivity contribution >= 4 is 0 Å². The lowest BCUT2D eigenvalue weighted by Gasteiger charge is -2.28. The third-order valence-corrected chi connectivity index (χ3v) is 4.07. The van der Waals surface area contributed by atoms with Crippen molar-refractivity contribution in [3.63, 3.8) is 0 Å². The zero-order valence-electron chi connectivity index (χ0n) is 14.0. The van der Waals surface area contributed by atoms with Gasteiger partial charge in [0, 0.05) is 0 Å². The number of aryl methyl sites for hydroxylation is 2. The average molecular weight is 277 g/mol. The molecule has 0 aromatic heterocycles. The van der Waals surface area contributed by atoms with E-state index in [2.05, 4.69) is 65.1 Å². The maximum atomic E-state index is 6.10. The van der Waals surface area contributed by atoms with Crippen LogP contribution in [-0.4, -0.2) is 18.8 Å². The van der Waals surface area contributed by atoms with E-state index in [9.17, 15) is 0 Å². The van der Waals surface area contributed by atoms with Crippen LogP contribution in [-0.2, 0) is 4.74 Å². The molecule has 1 aromatic carbocycles. The van der Waals surface area contributed by atoms with Crippen LogP contribution in [0, 0.1) is 13.8 Å². The number of benzene rings is 1. The Balaban J connectivity index is 2.79. The summed E-state index contributed by atoms with van der Waals surface area (Å²) in [5, 5.41) is 3.60. The van der Waals surface area contributed by atoms with Crippen molar-refractivity contribution in [3.05, 3.63) is 34.9 Å². The van der Waals surface area contributed by atoms with Crippen LogP contribution in [0.2, 0.25) is 0 Å². The first-order valence-corrected chi connectivity index (χ1v) is 7.84. The molecule has 1 unspecified atom stereocenters. The van der Waals surface area contributed by atoms with Crippen LogP contribution in [0.3, 0.4) is 0 Å². The summed E-state index contributed by atoms with van der Waals surface area (Å²) < 4.78 is 6.10. The normalized spacial score (nSPS) is 13.5. The minimum Gasteiger partial charge on any atom is -0.374 e. The smallest absolute Gasteiger partial charge is 0.0668 e. The van der Waals surface area contributed by atoms with Crippen molar-refractivity contribution in [2.75, 3.05) is 13.2 Å². The highest BCUT2D eigenvalue weighted by Crippen LogP contribution is 2.21. The van der Waals surface area contributed by atoms with E-state index in [0.717, 1.165) is 26.0 Å². The maximum Gasteiger partial charge on any atom is 0.0668 e. The van der Waals surface area contributed by atoms with E-state index < -0.39 is 0 Å². The van der Waals surface area contributed by atoms with Gasteiger partial charge < -0.3 is 10.1 Å². The lowest BCUT2D eigenvalue weighted by Crippen LogP contribution is -2.32. The fourth-order valence-electron chi connectivity index (χ4n) is 1.98. The highest BCUT2D eigenvalue weighted by Gasteiger charge is 2.19. The third-order valence-electron chi connectivity index (χ3n) is 4.07. The standard InChI is InChI=1S/C18H31NO/c1-7-11-19-17(13-20-18(5,6)8-2)16-10-9-14(3)15(4)12-16/h9-10,12,17,19H,7-8,11,13H2,1-6H3. The summed E-state index contributed by atoms with van der Waals surface area (Å²) in [6, 6.07) is 6.99. The van der Waals surface area contributed by atoms with E-state index in [1.54, 1.807) is 0 Å². The van der Waals surface area contributed by atoms with Gasteiger partial charge in [0.1, 0.15) is 0 Å². The van der Waals surface area contributed by atoms with Crippen LogP contribution >= 0.6 is 0 Å². The summed E-state index contributed by atoms with van der Waals surface area (Å²) in [4.78, 5) is 0. The van der Waals surface area contributed by atoms with Crippen molar-refractivity contribution in [2.45, 2.75) is 66.0 Å². The molecule has 1 N–H and O–H groups in total. The molecule has 2 heteroatoms. The second-order valence-corrected chi connectivity index (χ2v) is 6.27. The van der Waals surface area contributed by atoms with E-state index in [1.807, 2.05) is 0 Å². The quantitative estimate of drug-likeness (QED) is 0.752. The molecule has 0 aliphatic rings. The zero-order chi connectivity index (χ0) is 15.2. The van der Waals surface area contributed by atoms with Gasteiger partial charge in [-0.1, -0.05) is 32.0 Å². The molecular formula is C18H31NO. The molecule has 0 aliphatic heterocycles. The molecule has 0 radical (unpaired) electrons. The average Bonchev–Trinajstić information content (AvgIpc) is 2.42. The van der Waals surface area contributed by atoms with Crippen LogP contribution in [0.25, 0.3) is 0 Å². The van der Waals surface area contributed by atoms with Crippen LogP contribution in [0.1, 0.15) is 63.3 Å². The molecule has 1 rings (SSSR count). The Labute approximate surface area is 124 Å². The fraction of sp³-hybridized carbons (Fsp3) is 0.667. The Morgan fingerprint density at radius 3 is 2.40 bits per heavy atom. The van der Waals surface area contributed by atoms with Crippen molar-refractivity contribution in [1.82, 2.24) is 5.32 Å². The largest absolute Gasteiger partial charge is 0.374 e. The summed E-state index contributed by atoms with van der Waals surface area (Å²) in [5.41, 5.74) is 3.97. The minimum absolute atomic E-state index is 0.0497. The van der Waals surface area contributed by atoms with Crippen LogP contribution < -0.4 is 5.32 Å². The molecule has 2 nitrogen and oxygen atoms in total. The number of hydrogen-bond donors (Lipinski definition) is 1. The van der Waals surface area contributed by atoms with Crippen LogP contribution in [0.15, 0.2) is 18.2 Å². The van der Waals surface area contributed by atoms with Crippen molar-refractivity contribution in [2.24, 2.45) is 0 Å². The topological polar surface area (TPSA) is 21.3 Å². The molecular weight excluding hydrogens is 246 g/mol. The molecule has 0 bridgehead atoms. The van der Waals surface area contributed by atoms with E-state index in [-0.39, 0.29) is 11.6 Å². The van der Waals surface area contributed by atoms with Gasteiger partial charge in [0.05, 0.1) is 18.2 Å². The predicted octanol–water partition coefficient (Wildman–Crippen LogP) is 4.55. The van der Waals surface area contributed by atoms with E-state index in [4.69, 9.17) is 4.74 Å². The fourth-order valence-corrected chi connectivity index (χ4v) is 1.98. The molecule has 1 aromatic rings. The second-order valence-electron chi connectivity index (χ2n) is 6.27. The first-order valence-electron chi connectivity index (χ1n) is 7.84. The molecule has 20 heavy (non-hydrogen) atoms. The lowest BCUT2D eigenvalue weighted by molar-refractivity contribution is -0.0307. The Kier molecular flexibility index (Phi) is 6.70. The van der Waals surface area contributed by atoms with E-state index >= 15 is 0 Å². The van der Waals surface area contributed by atoms with Gasteiger partial charge in [-0.15, -0.1) is 0 Å². The molecule has 0 heterocycles. The summed E-state index contributed by atoms with van der Waals surface area (Å²) >= 11 is 0. The summed E-state index contributed by atoms with van der Waals surface area (Å²) in [6.45, 7) is 14.8. The molecule has 0 saturated carbocycles. The molecule has 0 aliphatic carbocycles. The summed E-state index contributed by atoms with van der Waals surface area (Å²) in [7, 11) is 0. The highest BCUT2D eigenvalue weighted by molar-refractivity contribution is 5.31. The number of rotatable bonds is 8. The van der Waals surface area contributed by atoms with Crippen LogP contribution in [0.4, 0.5) is 0 Å². The Morgan fingerprint density at radius 1 is 1.15 bits per heavy atom. The molecule has 0 fully saturated rings. The Hall–Kier alpha value is -0.860. The monoisotopic (exact) mass is 277 g/mol. The van der Waals surface area contributed by atoms with Gasteiger partial charge in [0.2, 0.25) is 0 Å². The van der Waals surface area contributed by atoms with Crippen molar-refractivity contribution in [1.29, 1.82) is 0 Å². The van der Waals surface area contributed by atoms with Gasteiger partial charge in [-0.3, -0.25) is 0 Å². The van der Waals surface area contributed by atoms with Gasteiger partial charge in [-0.2, -0.15) is 0 Å². The van der Waals surface area contributed by atoms with Crippen LogP contribution in [0.5, 0.6) is 0 Å². The number of ether oxygens (including phenoxy) is 1. The maximum absolute atomic E-state index is 6.10. The second kappa shape index (κ2) is 7.80. The first kappa shape index (κ1) is 17.2. The molecule has 114 valence electrons. The predicted molar refractivity (Wildman–Crippen MR) is 87.3 cm³/mol. The highest BCUT2D eigenvalue weighted by atomic mass is 16.5. The zero-order valence-corrected chi connectivity index (χ0v) is 14.0. The van der Waals surface area contributed by atoms with E-state index in [1.165, 1.54) is 16.7 Å². The number of nitrogens with one attached hydrogen (secondary N) is 1. The molecule has 0 amide bonds. The Morgan fingerprint density at radius 2 is 1.85 bits per heavy atom. The van der Waals surface area contributed by atoms with Gasteiger partial charge >= 0.3 is 0 Å². The van der Waals surface area contributed by atoms with Gasteiger partial charge in [-0.25, -0.2) is 0 Å². The van der Waals surface area contributed by atoms with Crippen molar-refractivity contribution < 1.29 is 4.74 Å². The molecule has 1 atom stereocenters. The summed E-state index contributed by atoms with van der Waals surface area (Å²) in [6.07, 6.45) is 2.17. The third kappa shape index (κ3) is 5.26.